The van der Waals surface area contributed by atoms with Crippen LogP contribution < -0.4 is 9.47 Å². The van der Waals surface area contributed by atoms with Crippen molar-refractivity contribution in [2.45, 2.75) is 17.9 Å². The molecule has 1 amide bonds. The predicted molar refractivity (Wildman–Crippen MR) is 67.2 cm³/mol. The Morgan fingerprint density at radius 3 is 2.83 bits per heavy atom. The number of alkyl halides is 1. The standard InChI is InChI=1S/C13H14ClNO3/c14-9-5-6-15(7-9)13(16)12-8-17-10-3-1-2-4-11(10)18-12/h1-4,9,12H,5-8H2. The number of ether oxygens (including phenoxy) is 2. The highest BCUT2D eigenvalue weighted by molar-refractivity contribution is 6.21. The van der Waals surface area contributed by atoms with Crippen LogP contribution in [0, 0.1) is 0 Å². The predicted octanol–water partition coefficient (Wildman–Crippen LogP) is 1.67. The number of hydrogen-bond donors (Lipinski definition) is 0. The van der Waals surface area contributed by atoms with Crippen LogP contribution in [0.1, 0.15) is 6.42 Å². The fraction of sp³-hybridized carbons (Fsp3) is 0.462. The van der Waals surface area contributed by atoms with Crippen molar-refractivity contribution in [1.82, 2.24) is 4.90 Å². The molecule has 2 heterocycles. The Morgan fingerprint density at radius 1 is 1.33 bits per heavy atom. The van der Waals surface area contributed by atoms with Crippen LogP contribution >= 0.6 is 11.6 Å². The lowest BCUT2D eigenvalue weighted by Gasteiger charge is -2.28. The fourth-order valence-corrected chi connectivity index (χ4v) is 2.53. The summed E-state index contributed by atoms with van der Waals surface area (Å²) in [5.41, 5.74) is 0. The summed E-state index contributed by atoms with van der Waals surface area (Å²) in [6, 6.07) is 7.38. The van der Waals surface area contributed by atoms with Crippen LogP contribution in [-0.4, -0.2) is 42.0 Å². The minimum absolute atomic E-state index is 0.0346. The van der Waals surface area contributed by atoms with Crippen molar-refractivity contribution in [3.05, 3.63) is 24.3 Å². The van der Waals surface area contributed by atoms with Gasteiger partial charge in [0.2, 0.25) is 6.10 Å². The Bertz CT molecular complexity index is 465. The van der Waals surface area contributed by atoms with Crippen LogP contribution in [0.4, 0.5) is 0 Å². The molecule has 0 spiro atoms. The maximum atomic E-state index is 12.2. The number of hydrogen-bond acceptors (Lipinski definition) is 3. The van der Waals surface area contributed by atoms with Gasteiger partial charge in [-0.2, -0.15) is 0 Å². The van der Waals surface area contributed by atoms with Gasteiger partial charge in [-0.05, 0) is 18.6 Å². The molecule has 5 heteroatoms. The van der Waals surface area contributed by atoms with Crippen molar-refractivity contribution in [3.8, 4) is 11.5 Å². The molecule has 2 aliphatic rings. The highest BCUT2D eigenvalue weighted by Crippen LogP contribution is 2.31. The largest absolute Gasteiger partial charge is 0.485 e. The van der Waals surface area contributed by atoms with Gasteiger partial charge >= 0.3 is 0 Å². The van der Waals surface area contributed by atoms with Crippen LogP contribution in [0.2, 0.25) is 0 Å². The molecule has 0 radical (unpaired) electrons. The van der Waals surface area contributed by atoms with E-state index < -0.39 is 6.10 Å². The number of benzene rings is 1. The summed E-state index contributed by atoms with van der Waals surface area (Å²) < 4.78 is 11.2. The number of para-hydroxylation sites is 2. The number of halogens is 1. The lowest BCUT2D eigenvalue weighted by atomic mass is 10.2. The summed E-state index contributed by atoms with van der Waals surface area (Å²) in [7, 11) is 0. The number of carbonyl (C=O) groups excluding carboxylic acids is 1. The van der Waals surface area contributed by atoms with Crippen LogP contribution in [-0.2, 0) is 4.79 Å². The first-order chi connectivity index (χ1) is 8.74. The molecule has 0 bridgehead atoms. The SMILES string of the molecule is O=C(C1COc2ccccc2O1)N1CCC(Cl)C1. The van der Waals surface area contributed by atoms with Gasteiger partial charge in [0, 0.05) is 13.1 Å². The molecular formula is C13H14ClNO3. The highest BCUT2D eigenvalue weighted by Gasteiger charge is 2.34. The maximum Gasteiger partial charge on any atom is 0.267 e. The van der Waals surface area contributed by atoms with Gasteiger partial charge in [0.25, 0.3) is 5.91 Å². The van der Waals surface area contributed by atoms with Crippen LogP contribution in [0.15, 0.2) is 24.3 Å². The number of nitrogens with zero attached hydrogens (tertiary/aromatic N) is 1. The summed E-state index contributed by atoms with van der Waals surface area (Å²) in [6.07, 6.45) is 0.291. The quantitative estimate of drug-likeness (QED) is 0.727. The number of carbonyl (C=O) groups is 1. The molecule has 96 valence electrons. The molecule has 4 nitrogen and oxygen atoms in total. The van der Waals surface area contributed by atoms with Crippen molar-refractivity contribution < 1.29 is 14.3 Å². The van der Waals surface area contributed by atoms with Gasteiger partial charge in [-0.25, -0.2) is 0 Å². The van der Waals surface area contributed by atoms with E-state index in [9.17, 15) is 4.79 Å². The Morgan fingerprint density at radius 2 is 2.11 bits per heavy atom. The van der Waals surface area contributed by atoms with Gasteiger partial charge in [-0.1, -0.05) is 12.1 Å². The fourth-order valence-electron chi connectivity index (χ4n) is 2.26. The monoisotopic (exact) mass is 267 g/mol. The molecule has 0 aromatic heterocycles. The van der Waals surface area contributed by atoms with Gasteiger partial charge in [0.15, 0.2) is 11.5 Å². The molecule has 0 N–H and O–H groups in total. The Kier molecular flexibility index (Phi) is 3.04. The summed E-state index contributed by atoms with van der Waals surface area (Å²) in [5.74, 6) is 1.29. The Hall–Kier alpha value is -1.42. The smallest absolute Gasteiger partial charge is 0.267 e. The molecule has 0 aliphatic carbocycles. The number of likely N-dealkylation sites (tertiary alicyclic amines) is 1. The van der Waals surface area contributed by atoms with Crippen molar-refractivity contribution in [3.63, 3.8) is 0 Å². The van der Waals surface area contributed by atoms with Gasteiger partial charge in [-0.15, -0.1) is 11.6 Å². The van der Waals surface area contributed by atoms with E-state index >= 15 is 0 Å². The molecule has 1 saturated heterocycles. The van der Waals surface area contributed by atoms with E-state index in [1.807, 2.05) is 24.3 Å². The average molecular weight is 268 g/mol. The third kappa shape index (κ3) is 2.12. The molecule has 2 atom stereocenters. The summed E-state index contributed by atoms with van der Waals surface area (Å²) in [4.78, 5) is 14.0. The van der Waals surface area contributed by atoms with E-state index in [0.29, 0.717) is 24.6 Å². The minimum atomic E-state index is -0.554. The average Bonchev–Trinajstić information content (AvgIpc) is 2.84. The zero-order valence-electron chi connectivity index (χ0n) is 9.84. The van der Waals surface area contributed by atoms with Crippen LogP contribution in [0.25, 0.3) is 0 Å². The summed E-state index contributed by atoms with van der Waals surface area (Å²) in [5, 5.41) is 0.0609. The molecule has 0 saturated carbocycles. The number of amides is 1. The van der Waals surface area contributed by atoms with Gasteiger partial charge in [0.05, 0.1) is 5.38 Å². The molecule has 2 unspecified atom stereocenters. The van der Waals surface area contributed by atoms with Crippen LogP contribution in [0.3, 0.4) is 0 Å². The lowest BCUT2D eigenvalue weighted by molar-refractivity contribution is -0.140. The van der Waals surface area contributed by atoms with E-state index in [2.05, 4.69) is 0 Å². The summed E-state index contributed by atoms with van der Waals surface area (Å²) >= 11 is 6.01. The Balaban J connectivity index is 1.70. The first-order valence-electron chi connectivity index (χ1n) is 6.05. The second-order valence-electron chi connectivity index (χ2n) is 4.53. The van der Waals surface area contributed by atoms with Crippen molar-refractivity contribution in [2.75, 3.05) is 19.7 Å². The summed E-state index contributed by atoms with van der Waals surface area (Å²) in [6.45, 7) is 1.57. The minimum Gasteiger partial charge on any atom is -0.485 e. The number of rotatable bonds is 1. The first-order valence-corrected chi connectivity index (χ1v) is 6.49. The zero-order valence-corrected chi connectivity index (χ0v) is 10.6. The molecule has 1 fully saturated rings. The van der Waals surface area contributed by atoms with E-state index in [0.717, 1.165) is 6.42 Å². The molecular weight excluding hydrogens is 254 g/mol. The highest BCUT2D eigenvalue weighted by atomic mass is 35.5. The normalized spacial score (nSPS) is 26.2. The molecule has 18 heavy (non-hydrogen) atoms. The van der Waals surface area contributed by atoms with Crippen molar-refractivity contribution >= 4 is 17.5 Å². The molecule has 1 aromatic rings. The van der Waals surface area contributed by atoms with Gasteiger partial charge < -0.3 is 14.4 Å². The number of fused-ring (bicyclic) bond motifs is 1. The first kappa shape index (κ1) is 11.7. The topological polar surface area (TPSA) is 38.8 Å². The van der Waals surface area contributed by atoms with Gasteiger partial charge in [-0.3, -0.25) is 4.79 Å². The van der Waals surface area contributed by atoms with E-state index in [4.69, 9.17) is 21.1 Å². The molecule has 1 aromatic carbocycles. The van der Waals surface area contributed by atoms with Crippen molar-refractivity contribution in [1.29, 1.82) is 0 Å². The third-order valence-electron chi connectivity index (χ3n) is 3.23. The van der Waals surface area contributed by atoms with Crippen molar-refractivity contribution in [2.24, 2.45) is 0 Å². The van der Waals surface area contributed by atoms with Crippen LogP contribution in [0.5, 0.6) is 11.5 Å². The van der Waals surface area contributed by atoms with E-state index in [1.165, 1.54) is 0 Å². The van der Waals surface area contributed by atoms with Gasteiger partial charge in [0.1, 0.15) is 6.61 Å². The molecule has 2 aliphatic heterocycles. The Labute approximate surface area is 110 Å². The van der Waals surface area contributed by atoms with E-state index in [1.54, 1.807) is 4.90 Å². The second kappa shape index (κ2) is 4.69. The lowest BCUT2D eigenvalue weighted by Crippen LogP contribution is -2.45. The third-order valence-corrected chi connectivity index (χ3v) is 3.58. The molecule has 3 rings (SSSR count). The van der Waals surface area contributed by atoms with E-state index in [-0.39, 0.29) is 17.9 Å². The second-order valence-corrected chi connectivity index (χ2v) is 5.15. The zero-order chi connectivity index (χ0) is 12.5. The maximum absolute atomic E-state index is 12.2.